The first-order valence-corrected chi connectivity index (χ1v) is 13.8. The van der Waals surface area contributed by atoms with Crippen molar-refractivity contribution >= 4 is 11.9 Å². The first-order chi connectivity index (χ1) is 20.4. The molecule has 4 atom stereocenters. The number of esters is 2. The van der Waals surface area contributed by atoms with E-state index in [-0.39, 0.29) is 52.2 Å². The Morgan fingerprint density at radius 1 is 0.907 bits per heavy atom. The van der Waals surface area contributed by atoms with E-state index in [1.54, 1.807) is 52.8 Å². The van der Waals surface area contributed by atoms with Gasteiger partial charge in [-0.25, -0.2) is 9.59 Å². The van der Waals surface area contributed by atoms with Crippen molar-refractivity contribution in [1.29, 1.82) is 0 Å². The van der Waals surface area contributed by atoms with Gasteiger partial charge >= 0.3 is 11.9 Å². The Kier molecular flexibility index (Phi) is 8.87. The van der Waals surface area contributed by atoms with Crippen molar-refractivity contribution in [2.24, 2.45) is 5.92 Å². The lowest BCUT2D eigenvalue weighted by atomic mass is 9.71. The molecule has 0 fully saturated rings. The highest BCUT2D eigenvalue weighted by Crippen LogP contribution is 2.61. The van der Waals surface area contributed by atoms with E-state index in [4.69, 9.17) is 33.2 Å². The topological polar surface area (TPSA) is 139 Å². The molecule has 0 bridgehead atoms. The normalized spacial score (nSPS) is 22.9. The van der Waals surface area contributed by atoms with E-state index in [0.29, 0.717) is 22.5 Å². The summed E-state index contributed by atoms with van der Waals surface area (Å²) in [6.45, 7) is 9.65. The predicted molar refractivity (Wildman–Crippen MR) is 156 cm³/mol. The van der Waals surface area contributed by atoms with Crippen molar-refractivity contribution in [2.75, 3.05) is 28.1 Å². The number of fused-ring (bicyclic) bond motifs is 4. The minimum absolute atomic E-state index is 0.0202. The Morgan fingerprint density at radius 3 is 2.07 bits per heavy atom. The Morgan fingerprint density at radius 2 is 1.51 bits per heavy atom. The molecule has 0 unspecified atom stereocenters. The highest BCUT2D eigenvalue weighted by atomic mass is 16.7. The molecule has 0 saturated carbocycles. The fourth-order valence-corrected chi connectivity index (χ4v) is 5.29. The van der Waals surface area contributed by atoms with Crippen LogP contribution in [0.3, 0.4) is 0 Å². The Labute approximate surface area is 250 Å². The molecule has 1 heterocycles. The molecule has 0 amide bonds. The molecule has 232 valence electrons. The number of allylic oxidation sites excluding steroid dienone is 2. The van der Waals surface area contributed by atoms with E-state index in [1.165, 1.54) is 34.3 Å². The predicted octanol–water partition coefficient (Wildman–Crippen LogP) is 5.32. The van der Waals surface area contributed by atoms with Gasteiger partial charge in [-0.15, -0.1) is 0 Å². The zero-order valence-electron chi connectivity index (χ0n) is 25.8. The lowest BCUT2D eigenvalue weighted by Crippen LogP contribution is -2.46. The van der Waals surface area contributed by atoms with Crippen LogP contribution in [0.1, 0.15) is 64.9 Å². The van der Waals surface area contributed by atoms with Crippen molar-refractivity contribution in [3.63, 3.8) is 0 Å². The molecule has 11 nitrogen and oxygen atoms in total. The second-order valence-corrected chi connectivity index (χ2v) is 10.6. The number of methoxy groups -OCH3 is 3. The lowest BCUT2D eigenvalue weighted by molar-refractivity contribution is -0.181. The van der Waals surface area contributed by atoms with Gasteiger partial charge in [-0.2, -0.15) is 0 Å². The van der Waals surface area contributed by atoms with Crippen LogP contribution in [0.15, 0.2) is 35.4 Å². The third kappa shape index (κ3) is 5.22. The van der Waals surface area contributed by atoms with Gasteiger partial charge in [0.05, 0.1) is 21.3 Å². The van der Waals surface area contributed by atoms with Crippen LogP contribution in [-0.2, 0) is 19.1 Å². The van der Waals surface area contributed by atoms with E-state index < -0.39 is 35.7 Å². The van der Waals surface area contributed by atoms with Gasteiger partial charge in [-0.3, -0.25) is 0 Å². The van der Waals surface area contributed by atoms with Crippen LogP contribution in [0, 0.1) is 5.92 Å². The van der Waals surface area contributed by atoms with Gasteiger partial charge in [0.1, 0.15) is 11.7 Å². The van der Waals surface area contributed by atoms with Gasteiger partial charge in [-0.05, 0) is 46.8 Å². The molecule has 43 heavy (non-hydrogen) atoms. The average molecular weight is 599 g/mol. The molecule has 0 radical (unpaired) electrons. The average Bonchev–Trinajstić information content (AvgIpc) is 3.47. The summed E-state index contributed by atoms with van der Waals surface area (Å²) in [5, 5.41) is 24.2. The van der Waals surface area contributed by atoms with E-state index in [2.05, 4.69) is 0 Å². The number of aromatic hydroxyl groups is 1. The van der Waals surface area contributed by atoms with Gasteiger partial charge in [0, 0.05) is 39.3 Å². The number of rotatable bonds is 7. The number of phenols is 1. The molecule has 2 N–H and O–H groups in total. The standard InChI is InChI=1S/C32H38O11/c1-10-15(3)30(34)42-25-17(5)32(6,36)29(43-31(35)16(4)11-2)19-13-20(37-7)26(38-8)24(33)22(19)23-18(25)12-21-27(28(23)39-9)41-14-40-21/h10-13,17,25,29,33,36H,14H2,1-9H3/t17-,25+,29-,32-/m0/s1. The maximum atomic E-state index is 13.2. The first kappa shape index (κ1) is 31.6. The molecule has 1 aliphatic heterocycles. The Hall–Kier alpha value is -4.38. The van der Waals surface area contributed by atoms with E-state index in [1.807, 2.05) is 0 Å². The molecule has 0 spiro atoms. The Balaban J connectivity index is 2.21. The second-order valence-electron chi connectivity index (χ2n) is 10.6. The first-order valence-electron chi connectivity index (χ1n) is 13.8. The minimum Gasteiger partial charge on any atom is -0.504 e. The van der Waals surface area contributed by atoms with Crippen molar-refractivity contribution in [3.8, 4) is 45.6 Å². The summed E-state index contributed by atoms with van der Waals surface area (Å²) in [5.74, 6) is -1.77. The number of benzene rings is 2. The molecule has 2 aromatic carbocycles. The molecule has 0 saturated heterocycles. The molecule has 2 aromatic rings. The van der Waals surface area contributed by atoms with Gasteiger partial charge in [0.15, 0.2) is 29.1 Å². The number of hydrogen-bond acceptors (Lipinski definition) is 11. The summed E-state index contributed by atoms with van der Waals surface area (Å²) < 4.78 is 40.5. The van der Waals surface area contributed by atoms with Gasteiger partial charge in [0.2, 0.25) is 18.3 Å². The zero-order chi connectivity index (χ0) is 31.8. The highest BCUT2D eigenvalue weighted by molar-refractivity contribution is 5.92. The van der Waals surface area contributed by atoms with Crippen LogP contribution in [0.25, 0.3) is 11.1 Å². The maximum absolute atomic E-state index is 13.2. The number of hydrogen-bond donors (Lipinski definition) is 2. The minimum atomic E-state index is -1.89. The number of carbonyl (C=O) groups excluding carboxylic acids is 2. The molecular weight excluding hydrogens is 560 g/mol. The zero-order valence-corrected chi connectivity index (χ0v) is 25.8. The second kappa shape index (κ2) is 12.1. The molecule has 1 aliphatic carbocycles. The van der Waals surface area contributed by atoms with Crippen LogP contribution >= 0.6 is 0 Å². The van der Waals surface area contributed by atoms with Crippen LogP contribution in [0.2, 0.25) is 0 Å². The van der Waals surface area contributed by atoms with Crippen LogP contribution < -0.4 is 23.7 Å². The smallest absolute Gasteiger partial charge is 0.334 e. The van der Waals surface area contributed by atoms with Crippen molar-refractivity contribution < 1.29 is 53.0 Å². The molecule has 2 aliphatic rings. The highest BCUT2D eigenvalue weighted by Gasteiger charge is 2.51. The fourth-order valence-electron chi connectivity index (χ4n) is 5.29. The summed E-state index contributed by atoms with van der Waals surface area (Å²) in [7, 11) is 4.18. The van der Waals surface area contributed by atoms with Gasteiger partial charge in [0.25, 0.3) is 0 Å². The maximum Gasteiger partial charge on any atom is 0.334 e. The van der Waals surface area contributed by atoms with Crippen LogP contribution in [0.4, 0.5) is 0 Å². The lowest BCUT2D eigenvalue weighted by Gasteiger charge is -2.43. The fraction of sp³-hybridized carbons (Fsp3) is 0.438. The third-order valence-electron chi connectivity index (χ3n) is 8.24. The molecule has 4 rings (SSSR count). The quantitative estimate of drug-likeness (QED) is 0.316. The Bertz CT molecular complexity index is 1500. The third-order valence-corrected chi connectivity index (χ3v) is 8.24. The van der Waals surface area contributed by atoms with Crippen molar-refractivity contribution in [2.45, 2.75) is 59.4 Å². The summed E-state index contributed by atoms with van der Waals surface area (Å²) in [4.78, 5) is 26.5. The largest absolute Gasteiger partial charge is 0.504 e. The van der Waals surface area contributed by atoms with E-state index in [9.17, 15) is 19.8 Å². The van der Waals surface area contributed by atoms with E-state index in [0.717, 1.165) is 0 Å². The van der Waals surface area contributed by atoms with E-state index >= 15 is 0 Å². The monoisotopic (exact) mass is 598 g/mol. The molecule has 11 heteroatoms. The summed E-state index contributed by atoms with van der Waals surface area (Å²) >= 11 is 0. The van der Waals surface area contributed by atoms with Gasteiger partial charge in [-0.1, -0.05) is 19.1 Å². The van der Waals surface area contributed by atoms with Crippen molar-refractivity contribution in [1.82, 2.24) is 0 Å². The number of ether oxygens (including phenoxy) is 7. The molecule has 0 aromatic heterocycles. The molecular formula is C32H38O11. The van der Waals surface area contributed by atoms with Crippen LogP contribution in [0.5, 0.6) is 34.5 Å². The summed E-state index contributed by atoms with van der Waals surface area (Å²) in [6, 6.07) is 3.16. The summed E-state index contributed by atoms with van der Waals surface area (Å²) in [6.07, 6.45) is 0.635. The SMILES string of the molecule is CC=C(C)C(=O)O[C@H]1c2cc3c(c(OC)c2-c2c(cc(OC)c(OC)c2O)[C@H](OC(=O)C(C)=CC)[C@@](C)(O)[C@H]1C)OCO3. The number of aliphatic hydroxyl groups is 1. The summed E-state index contributed by atoms with van der Waals surface area (Å²) in [5.41, 5.74) is -0.353. The van der Waals surface area contributed by atoms with Gasteiger partial charge < -0.3 is 43.4 Å². The van der Waals surface area contributed by atoms with Crippen LogP contribution in [-0.4, -0.2) is 55.9 Å². The number of carbonyl (C=O) groups is 2. The van der Waals surface area contributed by atoms with Crippen molar-refractivity contribution in [3.05, 3.63) is 46.6 Å². The number of phenolic OH excluding ortho intramolecular Hbond substituents is 1.